The normalized spacial score (nSPS) is 20.7. The molecular weight excluding hydrogens is 376 g/mol. The summed E-state index contributed by atoms with van der Waals surface area (Å²) in [5.41, 5.74) is 3.27. The molecule has 0 fully saturated rings. The molecule has 0 amide bonds. The largest absolute Gasteiger partial charge is 0.465 e. The van der Waals surface area contributed by atoms with Crippen LogP contribution in [-0.4, -0.2) is 36.1 Å². The molecule has 2 aliphatic rings. The van der Waals surface area contributed by atoms with E-state index in [9.17, 15) is 9.59 Å². The third-order valence-corrected chi connectivity index (χ3v) is 5.35. The first kappa shape index (κ1) is 15.3. The molecule has 1 aromatic heterocycles. The van der Waals surface area contributed by atoms with E-state index in [1.54, 1.807) is 12.1 Å². The summed E-state index contributed by atoms with van der Waals surface area (Å²) in [7, 11) is 2.53. The maximum Gasteiger partial charge on any atom is 0.338 e. The standard InChI is InChI=1S/C17H13BrN2O4/c1-23-16(21)8-5-12-13(6-9(8)17(22)24-2)20-15-10-3-7(4-11(10)18)14(15)19-12/h4-7,10H,3H2,1-2H3/t7-,10+/m1/s1. The van der Waals surface area contributed by atoms with Crippen LogP contribution in [-0.2, 0) is 9.47 Å². The van der Waals surface area contributed by atoms with E-state index in [2.05, 4.69) is 27.0 Å². The summed E-state index contributed by atoms with van der Waals surface area (Å²) in [6.45, 7) is 0. The Bertz CT molecular complexity index is 938. The fraction of sp³-hybridized carbons (Fsp3) is 0.294. The van der Waals surface area contributed by atoms with Crippen molar-refractivity contribution in [2.45, 2.75) is 18.3 Å². The number of allylic oxidation sites excluding steroid dienone is 2. The molecule has 2 atom stereocenters. The molecule has 122 valence electrons. The van der Waals surface area contributed by atoms with E-state index in [0.29, 0.717) is 11.0 Å². The first-order valence-electron chi connectivity index (χ1n) is 7.43. The van der Waals surface area contributed by atoms with Gasteiger partial charge in [0, 0.05) is 16.3 Å². The summed E-state index contributed by atoms with van der Waals surface area (Å²) in [5, 5.41) is 0. The van der Waals surface area contributed by atoms with Crippen LogP contribution in [0.2, 0.25) is 0 Å². The Labute approximate surface area is 146 Å². The summed E-state index contributed by atoms with van der Waals surface area (Å²) in [4.78, 5) is 33.4. The molecule has 0 aliphatic heterocycles. The van der Waals surface area contributed by atoms with Gasteiger partial charge < -0.3 is 9.47 Å². The zero-order chi connectivity index (χ0) is 17.0. The monoisotopic (exact) mass is 388 g/mol. The van der Waals surface area contributed by atoms with Crippen LogP contribution < -0.4 is 0 Å². The molecular formula is C17H13BrN2O4. The van der Waals surface area contributed by atoms with Crippen molar-refractivity contribution in [3.63, 3.8) is 0 Å². The van der Waals surface area contributed by atoms with Crippen molar-refractivity contribution in [2.24, 2.45) is 0 Å². The van der Waals surface area contributed by atoms with Gasteiger partial charge >= 0.3 is 11.9 Å². The number of benzene rings is 1. The van der Waals surface area contributed by atoms with Crippen molar-refractivity contribution in [1.82, 2.24) is 9.97 Å². The van der Waals surface area contributed by atoms with Gasteiger partial charge in [-0.15, -0.1) is 0 Å². The van der Waals surface area contributed by atoms with Gasteiger partial charge in [-0.3, -0.25) is 0 Å². The molecule has 2 aliphatic carbocycles. The fourth-order valence-corrected chi connectivity index (χ4v) is 4.12. The van der Waals surface area contributed by atoms with E-state index in [1.807, 2.05) is 0 Å². The zero-order valence-electron chi connectivity index (χ0n) is 13.0. The number of hydrogen-bond acceptors (Lipinski definition) is 6. The number of hydrogen-bond donors (Lipinski definition) is 0. The molecule has 1 aromatic carbocycles. The minimum atomic E-state index is -0.609. The van der Waals surface area contributed by atoms with E-state index in [-0.39, 0.29) is 23.0 Å². The Morgan fingerprint density at radius 1 is 1.04 bits per heavy atom. The van der Waals surface area contributed by atoms with Crippen molar-refractivity contribution >= 4 is 38.9 Å². The average molecular weight is 389 g/mol. The Morgan fingerprint density at radius 2 is 1.58 bits per heavy atom. The number of carbonyl (C=O) groups is 2. The van der Waals surface area contributed by atoms with Crippen molar-refractivity contribution in [3.8, 4) is 0 Å². The fourth-order valence-electron chi connectivity index (χ4n) is 3.39. The van der Waals surface area contributed by atoms with E-state index >= 15 is 0 Å². The van der Waals surface area contributed by atoms with Crippen molar-refractivity contribution in [2.75, 3.05) is 14.2 Å². The minimum Gasteiger partial charge on any atom is -0.465 e. The van der Waals surface area contributed by atoms with Gasteiger partial charge in [0.15, 0.2) is 0 Å². The lowest BCUT2D eigenvalue weighted by Gasteiger charge is -2.14. The predicted molar refractivity (Wildman–Crippen MR) is 89.3 cm³/mol. The third kappa shape index (κ3) is 2.07. The minimum absolute atomic E-state index is 0.129. The number of carbonyl (C=O) groups excluding carboxylic acids is 2. The van der Waals surface area contributed by atoms with Crippen LogP contribution in [0.5, 0.6) is 0 Å². The molecule has 0 N–H and O–H groups in total. The third-order valence-electron chi connectivity index (χ3n) is 4.53. The predicted octanol–water partition coefficient (Wildman–Crippen LogP) is 3.07. The van der Waals surface area contributed by atoms with Gasteiger partial charge in [-0.1, -0.05) is 22.0 Å². The van der Waals surface area contributed by atoms with Crippen LogP contribution in [0, 0.1) is 0 Å². The number of nitrogens with zero attached hydrogens (tertiary/aromatic N) is 2. The summed E-state index contributed by atoms with van der Waals surface area (Å²) < 4.78 is 10.7. The first-order valence-corrected chi connectivity index (χ1v) is 8.22. The maximum absolute atomic E-state index is 12.0. The van der Waals surface area contributed by atoms with Crippen LogP contribution in [0.4, 0.5) is 0 Å². The number of ether oxygens (including phenoxy) is 2. The number of fused-ring (bicyclic) bond motifs is 6. The van der Waals surface area contributed by atoms with Crippen LogP contribution in [0.3, 0.4) is 0 Å². The van der Waals surface area contributed by atoms with E-state index in [4.69, 9.17) is 14.5 Å². The molecule has 0 saturated carbocycles. The summed E-state index contributed by atoms with van der Waals surface area (Å²) in [6, 6.07) is 3.09. The SMILES string of the molecule is COC(=O)c1cc2nc3c(nc2cc1C(=O)OC)[C@H]1C[C@@H]3C=C1Br. The quantitative estimate of drug-likeness (QED) is 0.735. The van der Waals surface area contributed by atoms with E-state index < -0.39 is 11.9 Å². The van der Waals surface area contributed by atoms with Gasteiger partial charge in [0.05, 0.1) is 47.8 Å². The van der Waals surface area contributed by atoms with Gasteiger partial charge in [0.25, 0.3) is 0 Å². The lowest BCUT2D eigenvalue weighted by Crippen LogP contribution is -2.13. The molecule has 0 saturated heterocycles. The zero-order valence-corrected chi connectivity index (χ0v) is 14.6. The van der Waals surface area contributed by atoms with Crippen molar-refractivity contribution in [1.29, 1.82) is 0 Å². The summed E-state index contributed by atoms with van der Waals surface area (Å²) >= 11 is 3.58. The van der Waals surface area contributed by atoms with Gasteiger partial charge in [-0.2, -0.15) is 0 Å². The van der Waals surface area contributed by atoms with Crippen molar-refractivity contribution in [3.05, 3.63) is 45.2 Å². The molecule has 2 aromatic rings. The highest BCUT2D eigenvalue weighted by molar-refractivity contribution is 9.11. The highest BCUT2D eigenvalue weighted by Gasteiger charge is 2.40. The van der Waals surface area contributed by atoms with Gasteiger partial charge in [-0.25, -0.2) is 19.6 Å². The molecule has 2 bridgehead atoms. The molecule has 0 spiro atoms. The van der Waals surface area contributed by atoms with E-state index in [1.165, 1.54) is 14.2 Å². The smallest absolute Gasteiger partial charge is 0.338 e. The molecule has 4 rings (SSSR count). The molecule has 0 radical (unpaired) electrons. The Balaban J connectivity index is 1.94. The maximum atomic E-state index is 12.0. The summed E-state index contributed by atoms with van der Waals surface area (Å²) in [6.07, 6.45) is 3.11. The van der Waals surface area contributed by atoms with Crippen molar-refractivity contribution < 1.29 is 19.1 Å². The van der Waals surface area contributed by atoms with Crippen LogP contribution in [0.25, 0.3) is 11.0 Å². The molecule has 6 nitrogen and oxygen atoms in total. The van der Waals surface area contributed by atoms with E-state index in [0.717, 1.165) is 22.3 Å². The number of esters is 2. The topological polar surface area (TPSA) is 78.4 Å². The number of aromatic nitrogens is 2. The Kier molecular flexibility index (Phi) is 3.42. The Morgan fingerprint density at radius 3 is 2.12 bits per heavy atom. The van der Waals surface area contributed by atoms with Crippen LogP contribution >= 0.6 is 15.9 Å². The lowest BCUT2D eigenvalue weighted by molar-refractivity contribution is 0.0555. The number of rotatable bonds is 2. The number of halogens is 1. The Hall–Kier alpha value is -2.28. The molecule has 7 heteroatoms. The van der Waals surface area contributed by atoms with Crippen LogP contribution in [0.15, 0.2) is 22.7 Å². The number of methoxy groups -OCH3 is 2. The second kappa shape index (κ2) is 5.37. The highest BCUT2D eigenvalue weighted by Crippen LogP contribution is 2.52. The highest BCUT2D eigenvalue weighted by atomic mass is 79.9. The lowest BCUT2D eigenvalue weighted by atomic mass is 10.0. The summed E-state index contributed by atoms with van der Waals surface area (Å²) in [5.74, 6) is -0.743. The van der Waals surface area contributed by atoms with Gasteiger partial charge in [0.2, 0.25) is 0 Å². The second-order valence-corrected chi connectivity index (χ2v) is 6.73. The average Bonchev–Trinajstić information content (AvgIpc) is 3.14. The molecule has 24 heavy (non-hydrogen) atoms. The van der Waals surface area contributed by atoms with Gasteiger partial charge in [-0.05, 0) is 18.6 Å². The molecule has 0 unspecified atom stereocenters. The molecule has 1 heterocycles. The van der Waals surface area contributed by atoms with Crippen LogP contribution in [0.1, 0.15) is 50.4 Å². The van der Waals surface area contributed by atoms with Gasteiger partial charge in [0.1, 0.15) is 0 Å². The first-order chi connectivity index (χ1) is 11.5. The second-order valence-electron chi connectivity index (χ2n) is 5.81.